The smallest absolute Gasteiger partial charge is 0.128 e. The molecule has 2 heteroatoms. The van der Waals surface area contributed by atoms with Crippen molar-refractivity contribution < 1.29 is 4.39 Å². The van der Waals surface area contributed by atoms with E-state index in [1.807, 2.05) is 19.1 Å². The average Bonchev–Trinajstić information content (AvgIpc) is 2.46. The first kappa shape index (κ1) is 15.7. The molecule has 0 aliphatic rings. The van der Waals surface area contributed by atoms with Crippen molar-refractivity contribution in [1.82, 2.24) is 5.32 Å². The van der Waals surface area contributed by atoms with E-state index in [1.165, 1.54) is 11.1 Å². The minimum atomic E-state index is -0.123. The van der Waals surface area contributed by atoms with Crippen molar-refractivity contribution in [3.8, 4) is 0 Å². The Morgan fingerprint density at radius 2 is 1.81 bits per heavy atom. The van der Waals surface area contributed by atoms with Gasteiger partial charge in [0.1, 0.15) is 5.82 Å². The zero-order valence-corrected chi connectivity index (χ0v) is 13.1. The maximum Gasteiger partial charge on any atom is 0.128 e. The van der Waals surface area contributed by atoms with E-state index >= 15 is 0 Å². The highest BCUT2D eigenvalue weighted by atomic mass is 19.1. The van der Waals surface area contributed by atoms with Gasteiger partial charge in [-0.25, -0.2) is 4.39 Å². The lowest BCUT2D eigenvalue weighted by atomic mass is 9.96. The van der Waals surface area contributed by atoms with E-state index in [9.17, 15) is 4.39 Å². The number of nitrogens with one attached hydrogen (secondary N) is 1. The number of hydrogen-bond acceptors (Lipinski definition) is 1. The average molecular weight is 285 g/mol. The molecule has 1 nitrogen and oxygen atoms in total. The largest absolute Gasteiger partial charge is 0.310 e. The van der Waals surface area contributed by atoms with E-state index in [0.717, 1.165) is 30.5 Å². The van der Waals surface area contributed by atoms with E-state index in [2.05, 4.69) is 43.4 Å². The van der Waals surface area contributed by atoms with Crippen molar-refractivity contribution in [1.29, 1.82) is 0 Å². The molecule has 0 radical (unpaired) electrons. The molecule has 0 saturated carbocycles. The molecular formula is C19H24FN. The topological polar surface area (TPSA) is 12.0 Å². The second-order valence-electron chi connectivity index (χ2n) is 5.72. The zero-order valence-electron chi connectivity index (χ0n) is 13.1. The van der Waals surface area contributed by atoms with Crippen LogP contribution in [0, 0.1) is 19.7 Å². The summed E-state index contributed by atoms with van der Waals surface area (Å²) in [6, 6.07) is 13.8. The predicted octanol–water partition coefficient (Wildman–Crippen LogP) is 4.73. The Balaban J connectivity index is 2.27. The van der Waals surface area contributed by atoms with Crippen LogP contribution in [0.1, 0.15) is 41.6 Å². The second kappa shape index (κ2) is 7.37. The van der Waals surface area contributed by atoms with Gasteiger partial charge in [-0.05, 0) is 44.9 Å². The molecule has 0 aliphatic heterocycles. The third kappa shape index (κ3) is 4.40. The van der Waals surface area contributed by atoms with Crippen molar-refractivity contribution in [2.45, 2.75) is 39.7 Å². The minimum absolute atomic E-state index is 0.0200. The van der Waals surface area contributed by atoms with Crippen LogP contribution in [0.3, 0.4) is 0 Å². The molecule has 1 N–H and O–H groups in total. The number of aryl methyl sites for hydroxylation is 2. The number of halogens is 1. The van der Waals surface area contributed by atoms with Gasteiger partial charge in [-0.3, -0.25) is 0 Å². The molecule has 2 aromatic carbocycles. The summed E-state index contributed by atoms with van der Waals surface area (Å²) in [6.07, 6.45) is 1.85. The molecule has 1 atom stereocenters. The van der Waals surface area contributed by atoms with E-state index < -0.39 is 0 Å². The molecule has 0 aliphatic carbocycles. The van der Waals surface area contributed by atoms with Gasteiger partial charge in [-0.15, -0.1) is 0 Å². The predicted molar refractivity (Wildman–Crippen MR) is 87.1 cm³/mol. The van der Waals surface area contributed by atoms with Gasteiger partial charge in [0.25, 0.3) is 0 Å². The number of benzene rings is 2. The molecule has 0 spiro atoms. The molecule has 2 aromatic rings. The molecule has 112 valence electrons. The fourth-order valence-electron chi connectivity index (χ4n) is 2.62. The van der Waals surface area contributed by atoms with Gasteiger partial charge in [0.2, 0.25) is 0 Å². The number of rotatable bonds is 6. The maximum atomic E-state index is 14.2. The lowest BCUT2D eigenvalue weighted by Gasteiger charge is -2.20. The van der Waals surface area contributed by atoms with Gasteiger partial charge in [0.15, 0.2) is 0 Å². The first-order valence-electron chi connectivity index (χ1n) is 7.65. The summed E-state index contributed by atoms with van der Waals surface area (Å²) in [6.45, 7) is 7.12. The van der Waals surface area contributed by atoms with Gasteiger partial charge in [0, 0.05) is 11.6 Å². The Kier molecular flexibility index (Phi) is 5.51. The third-order valence-corrected chi connectivity index (χ3v) is 3.69. The van der Waals surface area contributed by atoms with E-state index in [1.54, 1.807) is 6.07 Å². The highest BCUT2D eigenvalue weighted by molar-refractivity contribution is 5.30. The summed E-state index contributed by atoms with van der Waals surface area (Å²) < 4.78 is 14.2. The van der Waals surface area contributed by atoms with E-state index in [4.69, 9.17) is 0 Å². The summed E-state index contributed by atoms with van der Waals surface area (Å²) >= 11 is 0. The maximum absolute atomic E-state index is 14.2. The SMILES string of the molecule is CCCNC(Cc1cccc(C)c1)c1cc(C)ccc1F. The Bertz CT molecular complexity index is 592. The first-order valence-corrected chi connectivity index (χ1v) is 7.65. The van der Waals surface area contributed by atoms with E-state index in [-0.39, 0.29) is 11.9 Å². The molecule has 0 heterocycles. The molecule has 0 fully saturated rings. The highest BCUT2D eigenvalue weighted by Crippen LogP contribution is 2.23. The van der Waals surface area contributed by atoms with Gasteiger partial charge in [-0.1, -0.05) is 54.4 Å². The standard InChI is InChI=1S/C19H24FN/c1-4-10-21-19(13-16-7-5-6-14(2)11-16)17-12-15(3)8-9-18(17)20/h5-9,11-12,19,21H,4,10,13H2,1-3H3. The normalized spacial score (nSPS) is 12.4. The molecule has 1 unspecified atom stereocenters. The van der Waals surface area contributed by atoms with Crippen LogP contribution in [-0.2, 0) is 6.42 Å². The molecule has 0 aromatic heterocycles. The summed E-state index contributed by atoms with van der Waals surface area (Å²) in [7, 11) is 0. The molecule has 0 amide bonds. The fourth-order valence-corrected chi connectivity index (χ4v) is 2.62. The second-order valence-corrected chi connectivity index (χ2v) is 5.72. The van der Waals surface area contributed by atoms with Crippen molar-refractivity contribution in [3.05, 3.63) is 70.5 Å². The van der Waals surface area contributed by atoms with Crippen LogP contribution in [0.15, 0.2) is 42.5 Å². The van der Waals surface area contributed by atoms with Gasteiger partial charge >= 0.3 is 0 Å². The first-order chi connectivity index (χ1) is 10.1. The van der Waals surface area contributed by atoms with Gasteiger partial charge < -0.3 is 5.32 Å². The van der Waals surface area contributed by atoms with Crippen molar-refractivity contribution in [3.63, 3.8) is 0 Å². The van der Waals surface area contributed by atoms with Crippen LogP contribution in [0.25, 0.3) is 0 Å². The Hall–Kier alpha value is -1.67. The summed E-state index contributed by atoms with van der Waals surface area (Å²) in [5.74, 6) is -0.123. The van der Waals surface area contributed by atoms with Crippen LogP contribution >= 0.6 is 0 Å². The fraction of sp³-hybridized carbons (Fsp3) is 0.368. The van der Waals surface area contributed by atoms with Gasteiger partial charge in [0.05, 0.1) is 0 Å². The minimum Gasteiger partial charge on any atom is -0.310 e. The molecule has 0 bridgehead atoms. The Morgan fingerprint density at radius 1 is 1.05 bits per heavy atom. The molecule has 0 saturated heterocycles. The van der Waals surface area contributed by atoms with Crippen molar-refractivity contribution >= 4 is 0 Å². The lowest BCUT2D eigenvalue weighted by Crippen LogP contribution is -2.25. The van der Waals surface area contributed by atoms with Crippen LogP contribution in [0.5, 0.6) is 0 Å². The molecule has 21 heavy (non-hydrogen) atoms. The van der Waals surface area contributed by atoms with Crippen LogP contribution in [-0.4, -0.2) is 6.54 Å². The summed E-state index contributed by atoms with van der Waals surface area (Å²) in [5.41, 5.74) is 4.35. The quantitative estimate of drug-likeness (QED) is 0.809. The summed E-state index contributed by atoms with van der Waals surface area (Å²) in [4.78, 5) is 0. The molecular weight excluding hydrogens is 261 g/mol. The number of hydrogen-bond donors (Lipinski definition) is 1. The Labute approximate surface area is 127 Å². The molecule has 2 rings (SSSR count). The van der Waals surface area contributed by atoms with Gasteiger partial charge in [-0.2, -0.15) is 0 Å². The van der Waals surface area contributed by atoms with E-state index in [0.29, 0.717) is 0 Å². The lowest BCUT2D eigenvalue weighted by molar-refractivity contribution is 0.496. The summed E-state index contributed by atoms with van der Waals surface area (Å²) in [5, 5.41) is 3.48. The van der Waals surface area contributed by atoms with Crippen LogP contribution < -0.4 is 5.32 Å². The Morgan fingerprint density at radius 3 is 2.52 bits per heavy atom. The zero-order chi connectivity index (χ0) is 15.2. The monoisotopic (exact) mass is 285 g/mol. The third-order valence-electron chi connectivity index (χ3n) is 3.69. The van der Waals surface area contributed by atoms with Crippen LogP contribution in [0.4, 0.5) is 4.39 Å². The highest BCUT2D eigenvalue weighted by Gasteiger charge is 2.16. The van der Waals surface area contributed by atoms with Crippen molar-refractivity contribution in [2.24, 2.45) is 0 Å². The van der Waals surface area contributed by atoms with Crippen molar-refractivity contribution in [2.75, 3.05) is 6.54 Å². The van der Waals surface area contributed by atoms with Crippen LogP contribution in [0.2, 0.25) is 0 Å².